The number of hydrogen-bond donors (Lipinski definition) is 1. The molecule has 0 fully saturated rings. The lowest BCUT2D eigenvalue weighted by Crippen LogP contribution is -2.47. The molecule has 0 heterocycles. The quantitative estimate of drug-likeness (QED) is 0.557. The van der Waals surface area contributed by atoms with Crippen LogP contribution in [0.15, 0.2) is 0 Å². The van der Waals surface area contributed by atoms with Crippen molar-refractivity contribution in [1.29, 1.82) is 0 Å². The van der Waals surface area contributed by atoms with E-state index < -0.39 is 16.0 Å². The molecule has 0 aromatic heterocycles. The highest BCUT2D eigenvalue weighted by Gasteiger charge is 2.51. The Hall–Kier alpha value is 0.910. The summed E-state index contributed by atoms with van der Waals surface area (Å²) < 4.78 is 32.9. The number of rotatable bonds is 1. The summed E-state index contributed by atoms with van der Waals surface area (Å²) in [7, 11) is 0. The third kappa shape index (κ3) is 3.90. The van der Waals surface area contributed by atoms with Crippen LogP contribution < -0.4 is 4.84 Å². The maximum Gasteiger partial charge on any atom is 0.409 e. The molecule has 0 amide bonds. The van der Waals surface area contributed by atoms with Crippen molar-refractivity contribution in [2.75, 3.05) is 0 Å². The Morgan fingerprint density at radius 2 is 1.45 bits per heavy atom. The first-order chi connectivity index (χ1) is 4.69. The molecule has 0 saturated carbocycles. The lowest BCUT2D eigenvalue weighted by Gasteiger charge is -2.24. The molecule has 1 N–H and O–H groups in total. The van der Waals surface area contributed by atoms with Gasteiger partial charge in [0.25, 0.3) is 0 Å². The third-order valence-corrected chi connectivity index (χ3v) is 1.64. The zero-order chi connectivity index (χ0) is 9.28. The van der Waals surface area contributed by atoms with Gasteiger partial charge in [-0.05, 0) is 11.8 Å². The van der Waals surface area contributed by atoms with E-state index in [0.29, 0.717) is 0 Å². The minimum Gasteiger partial charge on any atom is -0.217 e. The van der Waals surface area contributed by atoms with E-state index in [9.17, 15) is 13.2 Å². The first-order valence-electron chi connectivity index (χ1n) is 2.19. The monoisotopic (exact) mass is 249 g/mol. The Morgan fingerprint density at radius 3 is 1.45 bits per heavy atom. The van der Waals surface area contributed by atoms with Gasteiger partial charge in [0.15, 0.2) is 6.04 Å². The topological polar surface area (TPSA) is 12.0 Å². The Kier molecular flexibility index (Phi) is 4.06. The van der Waals surface area contributed by atoms with Crippen LogP contribution in [-0.4, -0.2) is 16.0 Å². The molecule has 0 aromatic rings. The van der Waals surface area contributed by atoms with E-state index in [2.05, 4.69) is 0 Å². The summed E-state index contributed by atoms with van der Waals surface area (Å²) in [5.41, 5.74) is 0. The van der Waals surface area contributed by atoms with E-state index in [1.54, 1.807) is 0 Å². The molecule has 1 atom stereocenters. The molecule has 0 bridgehead atoms. The second-order valence-electron chi connectivity index (χ2n) is 1.63. The van der Waals surface area contributed by atoms with Crippen LogP contribution in [0.25, 0.3) is 0 Å². The van der Waals surface area contributed by atoms with Crippen LogP contribution in [0.5, 0.6) is 0 Å². The molecule has 11 heavy (non-hydrogen) atoms. The molecular formula is C3H2Cl4F3N. The Labute approximate surface area is 80.8 Å². The summed E-state index contributed by atoms with van der Waals surface area (Å²) in [5.74, 6) is 0. The molecular weight excluding hydrogens is 249 g/mol. The minimum absolute atomic E-state index is 1.33. The summed E-state index contributed by atoms with van der Waals surface area (Å²) >= 11 is 19.6. The molecule has 0 aromatic carbocycles. The van der Waals surface area contributed by atoms with Gasteiger partial charge in [-0.1, -0.05) is 34.8 Å². The van der Waals surface area contributed by atoms with Crippen LogP contribution in [0.1, 0.15) is 0 Å². The average Bonchev–Trinajstić information content (AvgIpc) is 1.56. The Bertz CT molecular complexity index is 116. The molecule has 1 unspecified atom stereocenters. The van der Waals surface area contributed by atoms with Gasteiger partial charge < -0.3 is 0 Å². The van der Waals surface area contributed by atoms with Crippen LogP contribution in [-0.2, 0) is 0 Å². The molecule has 0 radical (unpaired) electrons. The minimum atomic E-state index is -4.69. The van der Waals surface area contributed by atoms with Crippen LogP contribution in [0.2, 0.25) is 0 Å². The van der Waals surface area contributed by atoms with Gasteiger partial charge in [0.2, 0.25) is 3.79 Å². The summed E-state index contributed by atoms with van der Waals surface area (Å²) in [6, 6.07) is -2.37. The van der Waals surface area contributed by atoms with Gasteiger partial charge in [-0.3, -0.25) is 0 Å². The van der Waals surface area contributed by atoms with Gasteiger partial charge in [-0.15, -0.1) is 0 Å². The van der Waals surface area contributed by atoms with Crippen molar-refractivity contribution in [3.63, 3.8) is 0 Å². The van der Waals surface area contributed by atoms with Crippen molar-refractivity contribution < 1.29 is 13.2 Å². The molecule has 8 heteroatoms. The van der Waals surface area contributed by atoms with Crippen molar-refractivity contribution in [2.45, 2.75) is 16.0 Å². The lowest BCUT2D eigenvalue weighted by atomic mass is 10.3. The normalized spacial score (nSPS) is 16.6. The highest BCUT2D eigenvalue weighted by molar-refractivity contribution is 6.68. The highest BCUT2D eigenvalue weighted by atomic mass is 35.6. The zero-order valence-electron chi connectivity index (χ0n) is 4.72. The third-order valence-electron chi connectivity index (χ3n) is 0.764. The van der Waals surface area contributed by atoms with Crippen molar-refractivity contribution in [3.05, 3.63) is 0 Å². The van der Waals surface area contributed by atoms with E-state index in [1.165, 1.54) is 4.84 Å². The van der Waals surface area contributed by atoms with Crippen LogP contribution >= 0.6 is 46.6 Å². The first kappa shape index (κ1) is 11.9. The van der Waals surface area contributed by atoms with Gasteiger partial charge in [-0.25, -0.2) is 4.84 Å². The van der Waals surface area contributed by atoms with E-state index in [-0.39, 0.29) is 0 Å². The Balaban J connectivity index is 4.43. The molecule has 1 nitrogen and oxygen atoms in total. The van der Waals surface area contributed by atoms with Crippen molar-refractivity contribution in [2.24, 2.45) is 0 Å². The average molecular weight is 251 g/mol. The van der Waals surface area contributed by atoms with Crippen molar-refractivity contribution >= 4 is 46.6 Å². The van der Waals surface area contributed by atoms with Crippen molar-refractivity contribution in [1.82, 2.24) is 4.84 Å². The first-order valence-corrected chi connectivity index (χ1v) is 3.70. The summed E-state index contributed by atoms with van der Waals surface area (Å²) in [6.45, 7) is 0. The second kappa shape index (κ2) is 3.75. The summed E-state index contributed by atoms with van der Waals surface area (Å²) in [6.07, 6.45) is -4.69. The van der Waals surface area contributed by atoms with E-state index >= 15 is 0 Å². The van der Waals surface area contributed by atoms with Crippen molar-refractivity contribution in [3.8, 4) is 0 Å². The van der Waals surface area contributed by atoms with Gasteiger partial charge in [0, 0.05) is 0 Å². The van der Waals surface area contributed by atoms with Gasteiger partial charge >= 0.3 is 6.18 Å². The SMILES string of the molecule is FC(F)(F)C(NCl)C(Cl)(Cl)Cl. The number of hydrogen-bond acceptors (Lipinski definition) is 1. The van der Waals surface area contributed by atoms with Crippen LogP contribution in [0.4, 0.5) is 13.2 Å². The van der Waals surface area contributed by atoms with E-state index in [0.717, 1.165) is 0 Å². The molecule has 0 aliphatic heterocycles. The smallest absolute Gasteiger partial charge is 0.217 e. The molecule has 0 aliphatic carbocycles. The lowest BCUT2D eigenvalue weighted by molar-refractivity contribution is -0.150. The van der Waals surface area contributed by atoms with E-state index in [1.807, 2.05) is 0 Å². The van der Waals surface area contributed by atoms with Gasteiger partial charge in [0.05, 0.1) is 0 Å². The predicted molar refractivity (Wildman–Crippen MR) is 39.1 cm³/mol. The highest BCUT2D eigenvalue weighted by Crippen LogP contribution is 2.39. The Morgan fingerprint density at radius 1 is 1.09 bits per heavy atom. The fraction of sp³-hybridized carbons (Fsp3) is 1.00. The molecule has 0 saturated heterocycles. The van der Waals surface area contributed by atoms with Crippen LogP contribution in [0, 0.1) is 0 Å². The molecule has 0 aliphatic rings. The van der Waals surface area contributed by atoms with Gasteiger partial charge in [-0.2, -0.15) is 13.2 Å². The maximum absolute atomic E-state index is 11.8. The largest absolute Gasteiger partial charge is 0.409 e. The van der Waals surface area contributed by atoms with E-state index in [4.69, 9.17) is 46.6 Å². The number of nitrogens with one attached hydrogen (secondary N) is 1. The molecule has 68 valence electrons. The molecule has 0 rings (SSSR count). The summed E-state index contributed by atoms with van der Waals surface area (Å²) in [5, 5.41) is 0. The zero-order valence-corrected chi connectivity index (χ0v) is 7.75. The number of halogens is 7. The standard InChI is InChI=1S/C3H2Cl4F3N/c4-2(5,6)1(11-7)3(8,9)10/h1,11H. The fourth-order valence-corrected chi connectivity index (χ4v) is 1.30. The predicted octanol–water partition coefficient (Wildman–Crippen LogP) is 3.03. The second-order valence-corrected chi connectivity index (χ2v) is 4.21. The molecule has 0 spiro atoms. The van der Waals surface area contributed by atoms with Crippen LogP contribution in [0.3, 0.4) is 0 Å². The van der Waals surface area contributed by atoms with Gasteiger partial charge in [0.1, 0.15) is 0 Å². The fourth-order valence-electron chi connectivity index (χ4n) is 0.309. The summed E-state index contributed by atoms with van der Waals surface area (Å²) in [4.78, 5) is 1.33. The maximum atomic E-state index is 11.8. The number of alkyl halides is 6.